The van der Waals surface area contributed by atoms with Crippen molar-refractivity contribution in [3.8, 4) is 0 Å². The monoisotopic (exact) mass is 293 g/mol. The number of carboxylic acids is 1. The molecule has 1 aromatic carbocycles. The van der Waals surface area contributed by atoms with Crippen LogP contribution in [-0.2, 0) is 0 Å². The zero-order chi connectivity index (χ0) is 15.4. The average molecular weight is 293 g/mol. The van der Waals surface area contributed by atoms with Crippen molar-refractivity contribution in [1.29, 1.82) is 0 Å². The zero-order valence-electron chi connectivity index (χ0n) is 11.9. The summed E-state index contributed by atoms with van der Waals surface area (Å²) in [4.78, 5) is 23.5. The first kappa shape index (κ1) is 15.2. The van der Waals surface area contributed by atoms with E-state index in [1.165, 1.54) is 31.0 Å². The van der Waals surface area contributed by atoms with Gasteiger partial charge in [-0.2, -0.15) is 0 Å². The number of likely N-dealkylation sites (N-methyl/N-ethyl adjacent to an activating group) is 1. The van der Waals surface area contributed by atoms with E-state index in [9.17, 15) is 14.9 Å². The molecule has 1 saturated carbocycles. The molecular formula is C14H19N3O4. The van der Waals surface area contributed by atoms with Crippen molar-refractivity contribution >= 4 is 17.3 Å². The molecule has 1 fully saturated rings. The number of nitro benzene ring substituents is 1. The van der Waals surface area contributed by atoms with Crippen LogP contribution < -0.4 is 5.32 Å². The maximum atomic E-state index is 11.1. The van der Waals surface area contributed by atoms with E-state index in [0.717, 1.165) is 13.1 Å². The van der Waals surface area contributed by atoms with Gasteiger partial charge in [0, 0.05) is 30.9 Å². The number of benzene rings is 1. The molecule has 1 aromatic rings. The Bertz CT molecular complexity index is 543. The van der Waals surface area contributed by atoms with Crippen LogP contribution in [-0.4, -0.2) is 46.6 Å². The maximum absolute atomic E-state index is 11.1. The molecule has 21 heavy (non-hydrogen) atoms. The van der Waals surface area contributed by atoms with Gasteiger partial charge in [0.25, 0.3) is 5.69 Å². The molecule has 0 unspecified atom stereocenters. The van der Waals surface area contributed by atoms with Gasteiger partial charge in [-0.25, -0.2) is 4.79 Å². The molecule has 114 valence electrons. The van der Waals surface area contributed by atoms with E-state index in [-0.39, 0.29) is 11.3 Å². The van der Waals surface area contributed by atoms with E-state index in [1.807, 2.05) is 0 Å². The average Bonchev–Trinajstić information content (AvgIpc) is 3.27. The molecule has 1 aliphatic carbocycles. The lowest BCUT2D eigenvalue weighted by Crippen LogP contribution is -2.30. The Hall–Kier alpha value is -2.15. The molecule has 7 nitrogen and oxygen atoms in total. The summed E-state index contributed by atoms with van der Waals surface area (Å²) in [6.45, 7) is 4.67. The van der Waals surface area contributed by atoms with Gasteiger partial charge in [0.2, 0.25) is 0 Å². The van der Waals surface area contributed by atoms with Gasteiger partial charge in [0.1, 0.15) is 5.56 Å². The van der Waals surface area contributed by atoms with E-state index >= 15 is 0 Å². The molecule has 0 heterocycles. The van der Waals surface area contributed by atoms with Crippen molar-refractivity contribution in [3.05, 3.63) is 33.9 Å². The summed E-state index contributed by atoms with van der Waals surface area (Å²) in [5.41, 5.74) is -0.0920. The van der Waals surface area contributed by atoms with Gasteiger partial charge in [-0.3, -0.25) is 15.0 Å². The van der Waals surface area contributed by atoms with Crippen LogP contribution in [0.15, 0.2) is 18.2 Å². The number of nitro groups is 1. The van der Waals surface area contributed by atoms with E-state index < -0.39 is 10.9 Å². The second kappa shape index (κ2) is 6.53. The molecule has 0 aliphatic heterocycles. The van der Waals surface area contributed by atoms with Gasteiger partial charge >= 0.3 is 5.97 Å². The summed E-state index contributed by atoms with van der Waals surface area (Å²) in [7, 11) is 0. The fourth-order valence-electron chi connectivity index (χ4n) is 2.36. The molecule has 1 aliphatic rings. The van der Waals surface area contributed by atoms with Crippen LogP contribution >= 0.6 is 0 Å². The SMILES string of the molecule is CCN(CCNc1ccc([N+](=O)[O-])c(C(=O)O)c1)C1CC1. The molecule has 2 rings (SSSR count). The number of rotatable bonds is 8. The third-order valence-corrected chi connectivity index (χ3v) is 3.62. The minimum absolute atomic E-state index is 0.292. The number of anilines is 1. The lowest BCUT2D eigenvalue weighted by molar-refractivity contribution is -0.385. The van der Waals surface area contributed by atoms with Crippen LogP contribution in [0.2, 0.25) is 0 Å². The Morgan fingerprint density at radius 3 is 2.76 bits per heavy atom. The first-order valence-corrected chi connectivity index (χ1v) is 7.02. The second-order valence-electron chi connectivity index (χ2n) is 5.08. The van der Waals surface area contributed by atoms with Crippen molar-refractivity contribution in [2.45, 2.75) is 25.8 Å². The van der Waals surface area contributed by atoms with Crippen molar-refractivity contribution in [2.24, 2.45) is 0 Å². The molecule has 0 atom stereocenters. The van der Waals surface area contributed by atoms with Crippen molar-refractivity contribution < 1.29 is 14.8 Å². The Morgan fingerprint density at radius 2 is 2.24 bits per heavy atom. The number of aromatic carboxylic acids is 1. The van der Waals surface area contributed by atoms with Crippen LogP contribution in [0.4, 0.5) is 11.4 Å². The molecule has 0 radical (unpaired) electrons. The van der Waals surface area contributed by atoms with Crippen LogP contribution in [0.1, 0.15) is 30.1 Å². The van der Waals surface area contributed by atoms with Gasteiger partial charge in [-0.15, -0.1) is 0 Å². The predicted octanol–water partition coefficient (Wildman–Crippen LogP) is 2.19. The van der Waals surface area contributed by atoms with Crippen LogP contribution in [0.25, 0.3) is 0 Å². The Kier molecular flexibility index (Phi) is 4.74. The van der Waals surface area contributed by atoms with E-state index in [4.69, 9.17) is 5.11 Å². The molecule has 2 N–H and O–H groups in total. The van der Waals surface area contributed by atoms with Gasteiger partial charge in [-0.05, 0) is 31.5 Å². The molecule has 0 bridgehead atoms. The zero-order valence-corrected chi connectivity index (χ0v) is 11.9. The van der Waals surface area contributed by atoms with Crippen molar-refractivity contribution in [3.63, 3.8) is 0 Å². The standard InChI is InChI=1S/C14H19N3O4/c1-2-16(11-4-5-11)8-7-15-10-3-6-13(17(20)21)12(9-10)14(18)19/h3,6,9,11,15H,2,4-5,7-8H2,1H3,(H,18,19). The lowest BCUT2D eigenvalue weighted by atomic mass is 10.1. The van der Waals surface area contributed by atoms with Gasteiger partial charge in [0.05, 0.1) is 4.92 Å². The smallest absolute Gasteiger partial charge is 0.342 e. The minimum atomic E-state index is -1.29. The van der Waals surface area contributed by atoms with E-state index in [2.05, 4.69) is 17.1 Å². The Morgan fingerprint density at radius 1 is 1.52 bits per heavy atom. The predicted molar refractivity (Wildman–Crippen MR) is 78.8 cm³/mol. The summed E-state index contributed by atoms with van der Waals surface area (Å²) in [5, 5.41) is 22.9. The number of nitrogens with one attached hydrogen (secondary N) is 1. The fourth-order valence-corrected chi connectivity index (χ4v) is 2.36. The van der Waals surface area contributed by atoms with Gasteiger partial charge < -0.3 is 10.4 Å². The molecule has 0 saturated heterocycles. The number of carbonyl (C=O) groups is 1. The number of carboxylic acid groups (broad SMARTS) is 1. The maximum Gasteiger partial charge on any atom is 0.342 e. The summed E-state index contributed by atoms with van der Waals surface area (Å²) in [6.07, 6.45) is 2.49. The highest BCUT2D eigenvalue weighted by molar-refractivity contribution is 5.93. The third kappa shape index (κ3) is 3.91. The van der Waals surface area contributed by atoms with Crippen molar-refractivity contribution in [2.75, 3.05) is 25.0 Å². The second-order valence-corrected chi connectivity index (χ2v) is 5.08. The number of nitrogens with zero attached hydrogens (tertiary/aromatic N) is 2. The molecule has 0 amide bonds. The third-order valence-electron chi connectivity index (χ3n) is 3.62. The largest absolute Gasteiger partial charge is 0.477 e. The van der Waals surface area contributed by atoms with Crippen molar-refractivity contribution in [1.82, 2.24) is 4.90 Å². The first-order chi connectivity index (χ1) is 10.0. The van der Waals surface area contributed by atoms with Gasteiger partial charge in [0.15, 0.2) is 0 Å². The number of hydrogen-bond acceptors (Lipinski definition) is 5. The highest BCUT2D eigenvalue weighted by Crippen LogP contribution is 2.26. The quantitative estimate of drug-likeness (QED) is 0.563. The number of hydrogen-bond donors (Lipinski definition) is 2. The fraction of sp³-hybridized carbons (Fsp3) is 0.500. The van der Waals surface area contributed by atoms with Crippen LogP contribution in [0.5, 0.6) is 0 Å². The summed E-state index contributed by atoms with van der Waals surface area (Å²) >= 11 is 0. The summed E-state index contributed by atoms with van der Waals surface area (Å²) in [5.74, 6) is -1.29. The topological polar surface area (TPSA) is 95.7 Å². The first-order valence-electron chi connectivity index (χ1n) is 7.02. The Balaban J connectivity index is 1.98. The van der Waals surface area contributed by atoms with Crippen LogP contribution in [0.3, 0.4) is 0 Å². The molecular weight excluding hydrogens is 274 g/mol. The normalized spacial score (nSPS) is 14.2. The summed E-state index contributed by atoms with van der Waals surface area (Å²) < 4.78 is 0. The molecule has 7 heteroatoms. The van der Waals surface area contributed by atoms with E-state index in [0.29, 0.717) is 18.3 Å². The van der Waals surface area contributed by atoms with E-state index in [1.54, 1.807) is 0 Å². The molecule has 0 aromatic heterocycles. The van der Waals surface area contributed by atoms with Crippen LogP contribution in [0, 0.1) is 10.1 Å². The van der Waals surface area contributed by atoms with Gasteiger partial charge in [-0.1, -0.05) is 6.92 Å². The minimum Gasteiger partial charge on any atom is -0.477 e. The Labute approximate surface area is 122 Å². The highest BCUT2D eigenvalue weighted by Gasteiger charge is 2.27. The molecule has 0 spiro atoms. The summed E-state index contributed by atoms with van der Waals surface area (Å²) in [6, 6.07) is 4.76. The highest BCUT2D eigenvalue weighted by atomic mass is 16.6. The lowest BCUT2D eigenvalue weighted by Gasteiger charge is -2.20.